The van der Waals surface area contributed by atoms with E-state index in [4.69, 9.17) is 0 Å². The van der Waals surface area contributed by atoms with Crippen LogP contribution in [0.5, 0.6) is 0 Å². The van der Waals surface area contributed by atoms with Gasteiger partial charge in [-0.2, -0.15) is 5.10 Å². The third-order valence-electron chi connectivity index (χ3n) is 3.33. The number of rotatable bonds is 4. The fourth-order valence-corrected chi connectivity index (χ4v) is 3.10. The molecule has 0 atom stereocenters. The average molecular weight is 311 g/mol. The minimum absolute atomic E-state index is 0.111. The van der Waals surface area contributed by atoms with Crippen LogP contribution in [0.15, 0.2) is 48.0 Å². The summed E-state index contributed by atoms with van der Waals surface area (Å²) in [4.78, 5) is 13.6. The molecule has 112 valence electrons. The van der Waals surface area contributed by atoms with Gasteiger partial charge < -0.3 is 5.32 Å². The summed E-state index contributed by atoms with van der Waals surface area (Å²) < 4.78 is 1.80. The molecule has 2 aromatic heterocycles. The van der Waals surface area contributed by atoms with E-state index in [0.717, 1.165) is 11.1 Å². The molecule has 0 saturated heterocycles. The summed E-state index contributed by atoms with van der Waals surface area (Å²) in [7, 11) is 0. The van der Waals surface area contributed by atoms with Gasteiger partial charge in [-0.15, -0.1) is 11.3 Å². The van der Waals surface area contributed by atoms with E-state index in [1.54, 1.807) is 22.2 Å². The minimum atomic E-state index is -0.111. The Bertz CT molecular complexity index is 770. The van der Waals surface area contributed by atoms with Gasteiger partial charge in [0.05, 0.1) is 12.7 Å². The van der Waals surface area contributed by atoms with Gasteiger partial charge in [0.25, 0.3) is 5.91 Å². The van der Waals surface area contributed by atoms with Gasteiger partial charge in [-0.1, -0.05) is 23.3 Å². The molecule has 0 radical (unpaired) electrons. The lowest BCUT2D eigenvalue weighted by atomic mass is 10.1. The number of hydrogen-bond acceptors (Lipinski definition) is 3. The van der Waals surface area contributed by atoms with Crippen LogP contribution in [0.2, 0.25) is 0 Å². The topological polar surface area (TPSA) is 46.9 Å². The van der Waals surface area contributed by atoms with E-state index in [-0.39, 0.29) is 5.91 Å². The molecule has 0 bridgehead atoms. The van der Waals surface area contributed by atoms with Crippen LogP contribution in [0.25, 0.3) is 0 Å². The normalized spacial score (nSPS) is 10.6. The summed E-state index contributed by atoms with van der Waals surface area (Å²) in [6, 6.07) is 11.7. The van der Waals surface area contributed by atoms with Crippen molar-refractivity contribution in [3.8, 4) is 0 Å². The predicted molar refractivity (Wildman–Crippen MR) is 89.5 cm³/mol. The summed E-state index contributed by atoms with van der Waals surface area (Å²) in [6.45, 7) is 4.64. The molecule has 2 heterocycles. The zero-order valence-corrected chi connectivity index (χ0v) is 13.4. The molecule has 0 aliphatic rings. The predicted octanol–water partition coefficient (Wildman–Crippen LogP) is 3.86. The van der Waals surface area contributed by atoms with Crippen molar-refractivity contribution >= 4 is 23.1 Å². The standard InChI is InChI=1S/C17H17N3OS/c1-12-8-13(2)10-14(9-12)17(21)19-16-5-6-18-20(16)11-15-4-3-7-22-15/h3-10H,11H2,1-2H3,(H,19,21). The second-order valence-electron chi connectivity index (χ2n) is 5.28. The van der Waals surface area contributed by atoms with E-state index in [0.29, 0.717) is 17.9 Å². The smallest absolute Gasteiger partial charge is 0.256 e. The van der Waals surface area contributed by atoms with Crippen molar-refractivity contribution in [1.82, 2.24) is 9.78 Å². The van der Waals surface area contributed by atoms with Gasteiger partial charge in [-0.3, -0.25) is 4.79 Å². The molecule has 5 heteroatoms. The van der Waals surface area contributed by atoms with E-state index in [9.17, 15) is 4.79 Å². The third kappa shape index (κ3) is 3.26. The van der Waals surface area contributed by atoms with Crippen LogP contribution < -0.4 is 5.32 Å². The summed E-state index contributed by atoms with van der Waals surface area (Å²) in [5.41, 5.74) is 2.83. The highest BCUT2D eigenvalue weighted by Crippen LogP contribution is 2.16. The van der Waals surface area contributed by atoms with Crippen LogP contribution in [0.1, 0.15) is 26.4 Å². The van der Waals surface area contributed by atoms with Crippen molar-refractivity contribution in [2.45, 2.75) is 20.4 Å². The van der Waals surface area contributed by atoms with Crippen LogP contribution in [-0.4, -0.2) is 15.7 Å². The molecule has 3 aromatic rings. The Kier molecular flexibility index (Phi) is 4.06. The summed E-state index contributed by atoms with van der Waals surface area (Å²) >= 11 is 1.68. The fraction of sp³-hybridized carbons (Fsp3) is 0.176. The zero-order valence-electron chi connectivity index (χ0n) is 12.5. The highest BCUT2D eigenvalue weighted by molar-refractivity contribution is 7.09. The summed E-state index contributed by atoms with van der Waals surface area (Å²) in [5.74, 6) is 0.595. The summed E-state index contributed by atoms with van der Waals surface area (Å²) in [6.07, 6.45) is 1.70. The number of hydrogen-bond donors (Lipinski definition) is 1. The van der Waals surface area contributed by atoms with E-state index >= 15 is 0 Å². The molecule has 0 spiro atoms. The highest BCUT2D eigenvalue weighted by Gasteiger charge is 2.11. The molecule has 0 saturated carbocycles. The van der Waals surface area contributed by atoms with Gasteiger partial charge >= 0.3 is 0 Å². The molecule has 0 aliphatic heterocycles. The van der Waals surface area contributed by atoms with Gasteiger partial charge in [0.2, 0.25) is 0 Å². The van der Waals surface area contributed by atoms with Crippen LogP contribution in [0.3, 0.4) is 0 Å². The van der Waals surface area contributed by atoms with Crippen LogP contribution in [-0.2, 0) is 6.54 Å². The summed E-state index contributed by atoms with van der Waals surface area (Å²) in [5, 5.41) is 9.26. The van der Waals surface area contributed by atoms with Gasteiger partial charge in [0.15, 0.2) is 0 Å². The van der Waals surface area contributed by atoms with Crippen molar-refractivity contribution in [3.05, 3.63) is 69.5 Å². The first-order chi connectivity index (χ1) is 10.6. The molecule has 0 aliphatic carbocycles. The van der Waals surface area contributed by atoms with Gasteiger partial charge in [-0.25, -0.2) is 4.68 Å². The molecule has 1 amide bonds. The van der Waals surface area contributed by atoms with Gasteiger partial charge in [0.1, 0.15) is 5.82 Å². The number of aryl methyl sites for hydroxylation is 2. The van der Waals surface area contributed by atoms with Crippen LogP contribution in [0, 0.1) is 13.8 Å². The van der Waals surface area contributed by atoms with Crippen molar-refractivity contribution in [1.29, 1.82) is 0 Å². The van der Waals surface area contributed by atoms with Crippen molar-refractivity contribution < 1.29 is 4.79 Å². The van der Waals surface area contributed by atoms with Crippen LogP contribution in [0.4, 0.5) is 5.82 Å². The van der Waals surface area contributed by atoms with Gasteiger partial charge in [0, 0.05) is 16.5 Å². The Morgan fingerprint density at radius 1 is 1.23 bits per heavy atom. The largest absolute Gasteiger partial charge is 0.307 e. The van der Waals surface area contributed by atoms with E-state index in [2.05, 4.69) is 22.5 Å². The number of benzene rings is 1. The number of nitrogens with zero attached hydrogens (tertiary/aromatic N) is 2. The maximum atomic E-state index is 12.4. The van der Waals surface area contributed by atoms with Crippen molar-refractivity contribution in [3.63, 3.8) is 0 Å². The van der Waals surface area contributed by atoms with E-state index in [1.807, 2.05) is 43.5 Å². The Hall–Kier alpha value is -2.40. The van der Waals surface area contributed by atoms with E-state index in [1.165, 1.54) is 4.88 Å². The van der Waals surface area contributed by atoms with Crippen LogP contribution >= 0.6 is 11.3 Å². The molecule has 1 aromatic carbocycles. The Morgan fingerprint density at radius 3 is 2.68 bits per heavy atom. The molecule has 3 rings (SSSR count). The average Bonchev–Trinajstić information content (AvgIpc) is 3.11. The highest BCUT2D eigenvalue weighted by atomic mass is 32.1. The molecular weight excluding hydrogens is 294 g/mol. The maximum absolute atomic E-state index is 12.4. The second-order valence-corrected chi connectivity index (χ2v) is 6.32. The number of carbonyl (C=O) groups is 1. The number of anilines is 1. The molecule has 4 nitrogen and oxygen atoms in total. The molecule has 22 heavy (non-hydrogen) atoms. The molecule has 0 fully saturated rings. The first kappa shape index (κ1) is 14.5. The lowest BCUT2D eigenvalue weighted by Crippen LogP contribution is -2.16. The third-order valence-corrected chi connectivity index (χ3v) is 4.19. The van der Waals surface area contributed by atoms with Gasteiger partial charge in [-0.05, 0) is 37.4 Å². The first-order valence-corrected chi connectivity index (χ1v) is 7.93. The SMILES string of the molecule is Cc1cc(C)cc(C(=O)Nc2ccnn2Cc2cccs2)c1. The minimum Gasteiger partial charge on any atom is -0.307 e. The number of aromatic nitrogens is 2. The Balaban J connectivity index is 1.78. The molecule has 0 unspecified atom stereocenters. The molecule has 1 N–H and O–H groups in total. The van der Waals surface area contributed by atoms with Crippen molar-refractivity contribution in [2.75, 3.05) is 5.32 Å². The lowest BCUT2D eigenvalue weighted by molar-refractivity contribution is 0.102. The number of nitrogens with one attached hydrogen (secondary N) is 1. The van der Waals surface area contributed by atoms with Crippen molar-refractivity contribution in [2.24, 2.45) is 0 Å². The monoisotopic (exact) mass is 311 g/mol. The maximum Gasteiger partial charge on any atom is 0.256 e. The molecular formula is C17H17N3OS. The quantitative estimate of drug-likeness (QED) is 0.795. The van der Waals surface area contributed by atoms with E-state index < -0.39 is 0 Å². The number of thiophene rings is 1. The Morgan fingerprint density at radius 2 is 2.00 bits per heavy atom. The Labute approximate surface area is 133 Å². The fourth-order valence-electron chi connectivity index (χ4n) is 2.41. The lowest BCUT2D eigenvalue weighted by Gasteiger charge is -2.09. The second kappa shape index (κ2) is 6.15. The number of amides is 1. The zero-order chi connectivity index (χ0) is 15.5. The number of carbonyl (C=O) groups excluding carboxylic acids is 1. The first-order valence-electron chi connectivity index (χ1n) is 7.05.